The Hall–Kier alpha value is -2.33. The van der Waals surface area contributed by atoms with E-state index in [4.69, 9.17) is 0 Å². The summed E-state index contributed by atoms with van der Waals surface area (Å²) in [5.74, 6) is 0. The molecular weight excluding hydrogens is 264 g/mol. The van der Waals surface area contributed by atoms with Crippen molar-refractivity contribution in [3.8, 4) is 0 Å². The highest BCUT2D eigenvalue weighted by molar-refractivity contribution is 5.89. The smallest absolute Gasteiger partial charge is 0.319 e. The fraction of sp³-hybridized carbons (Fsp3) is 0.235. The topological polar surface area (TPSA) is 61.4 Å². The van der Waals surface area contributed by atoms with Crippen molar-refractivity contribution in [3.63, 3.8) is 0 Å². The number of urea groups is 1. The third-order valence-electron chi connectivity index (χ3n) is 3.17. The lowest BCUT2D eigenvalue weighted by Crippen LogP contribution is -2.34. The van der Waals surface area contributed by atoms with Gasteiger partial charge < -0.3 is 15.7 Å². The lowest BCUT2D eigenvalue weighted by Gasteiger charge is -2.17. The second kappa shape index (κ2) is 6.90. The Morgan fingerprint density at radius 3 is 2.29 bits per heavy atom. The summed E-state index contributed by atoms with van der Waals surface area (Å²) in [6, 6.07) is 14.5. The van der Waals surface area contributed by atoms with Gasteiger partial charge in [0.15, 0.2) is 0 Å². The molecule has 3 N–H and O–H groups in total. The number of anilines is 1. The number of carbonyl (C=O) groups is 1. The van der Waals surface area contributed by atoms with E-state index >= 15 is 0 Å². The first-order valence-electron chi connectivity index (χ1n) is 6.90. The molecule has 0 saturated carbocycles. The first-order valence-corrected chi connectivity index (χ1v) is 6.90. The summed E-state index contributed by atoms with van der Waals surface area (Å²) in [6.07, 6.45) is 0. The standard InChI is InChI=1S/C17H20N2O2/c1-12-8-13(2)10-15(9-12)18-17(21)19-16(11-20)14-6-4-3-5-7-14/h3-10,16,20H,11H2,1-2H3,(H2,18,19,21). The molecule has 1 atom stereocenters. The minimum Gasteiger partial charge on any atom is -0.394 e. The summed E-state index contributed by atoms with van der Waals surface area (Å²) in [4.78, 5) is 12.0. The Kier molecular flexibility index (Phi) is 4.95. The van der Waals surface area contributed by atoms with Crippen molar-refractivity contribution in [2.24, 2.45) is 0 Å². The van der Waals surface area contributed by atoms with Gasteiger partial charge in [-0.15, -0.1) is 0 Å². The minimum absolute atomic E-state index is 0.149. The van der Waals surface area contributed by atoms with Crippen LogP contribution in [0.3, 0.4) is 0 Å². The van der Waals surface area contributed by atoms with E-state index < -0.39 is 6.04 Å². The molecule has 0 saturated heterocycles. The Morgan fingerprint density at radius 1 is 1.10 bits per heavy atom. The maximum atomic E-state index is 12.0. The van der Waals surface area contributed by atoms with Crippen LogP contribution in [0.5, 0.6) is 0 Å². The molecule has 2 aromatic rings. The van der Waals surface area contributed by atoms with Crippen LogP contribution in [-0.2, 0) is 0 Å². The van der Waals surface area contributed by atoms with E-state index in [1.807, 2.05) is 62.4 Å². The first kappa shape index (κ1) is 15.1. The highest BCUT2D eigenvalue weighted by Gasteiger charge is 2.13. The molecule has 2 aromatic carbocycles. The largest absolute Gasteiger partial charge is 0.394 e. The van der Waals surface area contributed by atoms with Gasteiger partial charge in [0.1, 0.15) is 0 Å². The first-order chi connectivity index (χ1) is 10.1. The van der Waals surface area contributed by atoms with Gasteiger partial charge in [-0.2, -0.15) is 0 Å². The average molecular weight is 284 g/mol. The second-order valence-electron chi connectivity index (χ2n) is 5.12. The van der Waals surface area contributed by atoms with E-state index in [2.05, 4.69) is 10.6 Å². The van der Waals surface area contributed by atoms with E-state index in [1.165, 1.54) is 0 Å². The number of amides is 2. The zero-order chi connectivity index (χ0) is 15.2. The van der Waals surface area contributed by atoms with Crippen molar-refractivity contribution in [1.82, 2.24) is 5.32 Å². The van der Waals surface area contributed by atoms with Crippen LogP contribution in [0.25, 0.3) is 0 Å². The highest BCUT2D eigenvalue weighted by atomic mass is 16.3. The quantitative estimate of drug-likeness (QED) is 0.807. The van der Waals surface area contributed by atoms with Crippen molar-refractivity contribution in [1.29, 1.82) is 0 Å². The summed E-state index contributed by atoms with van der Waals surface area (Å²) < 4.78 is 0. The molecule has 0 aliphatic carbocycles. The van der Waals surface area contributed by atoms with Crippen LogP contribution in [0, 0.1) is 13.8 Å². The van der Waals surface area contributed by atoms with Crippen LogP contribution in [-0.4, -0.2) is 17.7 Å². The number of nitrogens with one attached hydrogen (secondary N) is 2. The lowest BCUT2D eigenvalue weighted by atomic mass is 10.1. The van der Waals surface area contributed by atoms with Gasteiger partial charge in [-0.05, 0) is 42.7 Å². The SMILES string of the molecule is Cc1cc(C)cc(NC(=O)NC(CO)c2ccccc2)c1. The summed E-state index contributed by atoms with van der Waals surface area (Å²) >= 11 is 0. The fourth-order valence-corrected chi connectivity index (χ4v) is 2.29. The molecule has 4 nitrogen and oxygen atoms in total. The molecule has 21 heavy (non-hydrogen) atoms. The molecule has 0 fully saturated rings. The summed E-state index contributed by atoms with van der Waals surface area (Å²) in [5.41, 5.74) is 3.80. The number of carbonyl (C=O) groups excluding carboxylic acids is 1. The van der Waals surface area contributed by atoms with Gasteiger partial charge in [0, 0.05) is 5.69 Å². The maximum Gasteiger partial charge on any atom is 0.319 e. The van der Waals surface area contributed by atoms with Gasteiger partial charge in [0.25, 0.3) is 0 Å². The maximum absolute atomic E-state index is 12.0. The van der Waals surface area contributed by atoms with Gasteiger partial charge >= 0.3 is 6.03 Å². The van der Waals surface area contributed by atoms with Gasteiger partial charge in [0.2, 0.25) is 0 Å². The number of aliphatic hydroxyl groups is 1. The van der Waals surface area contributed by atoms with Gasteiger partial charge in [-0.3, -0.25) is 0 Å². The van der Waals surface area contributed by atoms with Crippen molar-refractivity contribution < 1.29 is 9.90 Å². The van der Waals surface area contributed by atoms with Gasteiger partial charge in [-0.25, -0.2) is 4.79 Å². The van der Waals surface area contributed by atoms with Crippen LogP contribution in [0.1, 0.15) is 22.7 Å². The number of hydrogen-bond donors (Lipinski definition) is 3. The normalized spacial score (nSPS) is 11.8. The van der Waals surface area contributed by atoms with Gasteiger partial charge in [-0.1, -0.05) is 36.4 Å². The molecule has 0 aromatic heterocycles. The summed E-state index contributed by atoms with van der Waals surface area (Å²) in [6.45, 7) is 3.82. The number of rotatable bonds is 4. The number of hydrogen-bond acceptors (Lipinski definition) is 2. The zero-order valence-corrected chi connectivity index (χ0v) is 12.3. The second-order valence-corrected chi connectivity index (χ2v) is 5.12. The summed E-state index contributed by atoms with van der Waals surface area (Å²) in [5, 5.41) is 15.0. The van der Waals surface area contributed by atoms with Crippen LogP contribution >= 0.6 is 0 Å². The Balaban J connectivity index is 2.03. The Morgan fingerprint density at radius 2 is 1.71 bits per heavy atom. The molecule has 2 amide bonds. The summed E-state index contributed by atoms with van der Waals surface area (Å²) in [7, 11) is 0. The fourth-order valence-electron chi connectivity index (χ4n) is 2.29. The average Bonchev–Trinajstić information content (AvgIpc) is 2.44. The van der Waals surface area contributed by atoms with E-state index in [-0.39, 0.29) is 12.6 Å². The molecule has 0 spiro atoms. The minimum atomic E-state index is -0.419. The van der Waals surface area contributed by atoms with Crippen molar-refractivity contribution in [3.05, 3.63) is 65.2 Å². The lowest BCUT2D eigenvalue weighted by molar-refractivity contribution is 0.225. The van der Waals surface area contributed by atoms with Crippen LogP contribution in [0.15, 0.2) is 48.5 Å². The van der Waals surface area contributed by atoms with Gasteiger partial charge in [0.05, 0.1) is 12.6 Å². The van der Waals surface area contributed by atoms with E-state index in [1.54, 1.807) is 0 Å². The molecular formula is C17H20N2O2. The molecule has 1 unspecified atom stereocenters. The van der Waals surface area contributed by atoms with Crippen molar-refractivity contribution in [2.45, 2.75) is 19.9 Å². The zero-order valence-electron chi connectivity index (χ0n) is 12.3. The Bertz CT molecular complexity index is 591. The number of aliphatic hydroxyl groups excluding tert-OH is 1. The molecule has 110 valence electrons. The third-order valence-corrected chi connectivity index (χ3v) is 3.17. The molecule has 0 heterocycles. The predicted molar refractivity (Wildman–Crippen MR) is 84.3 cm³/mol. The molecule has 0 bridgehead atoms. The van der Waals surface area contributed by atoms with Crippen LogP contribution in [0.2, 0.25) is 0 Å². The molecule has 0 aliphatic rings. The monoisotopic (exact) mass is 284 g/mol. The molecule has 4 heteroatoms. The van der Waals surface area contributed by atoms with Crippen LogP contribution < -0.4 is 10.6 Å². The Labute approximate surface area is 124 Å². The highest BCUT2D eigenvalue weighted by Crippen LogP contribution is 2.15. The molecule has 0 radical (unpaired) electrons. The van der Waals surface area contributed by atoms with E-state index in [0.717, 1.165) is 22.4 Å². The van der Waals surface area contributed by atoms with E-state index in [0.29, 0.717) is 0 Å². The van der Waals surface area contributed by atoms with E-state index in [9.17, 15) is 9.90 Å². The predicted octanol–water partition coefficient (Wildman–Crippen LogP) is 3.16. The van der Waals surface area contributed by atoms with Crippen molar-refractivity contribution in [2.75, 3.05) is 11.9 Å². The number of aryl methyl sites for hydroxylation is 2. The number of benzene rings is 2. The van der Waals surface area contributed by atoms with Crippen molar-refractivity contribution >= 4 is 11.7 Å². The molecule has 2 rings (SSSR count). The molecule has 0 aliphatic heterocycles. The van der Waals surface area contributed by atoms with Crippen LogP contribution in [0.4, 0.5) is 10.5 Å². The third kappa shape index (κ3) is 4.33.